The van der Waals surface area contributed by atoms with Crippen LogP contribution in [0.15, 0.2) is 28.8 Å². The highest BCUT2D eigenvalue weighted by atomic mass is 16.4. The number of hydrogen-bond donors (Lipinski definition) is 1. The second kappa shape index (κ2) is 5.40. The fraction of sp³-hybridized carbons (Fsp3) is 0.429. The molecule has 0 radical (unpaired) electrons. The summed E-state index contributed by atoms with van der Waals surface area (Å²) in [7, 11) is 0. The predicted molar refractivity (Wildman–Crippen MR) is 69.9 cm³/mol. The van der Waals surface area contributed by atoms with Gasteiger partial charge in [0.1, 0.15) is 5.69 Å². The van der Waals surface area contributed by atoms with E-state index in [0.29, 0.717) is 30.3 Å². The van der Waals surface area contributed by atoms with Crippen LogP contribution in [0.5, 0.6) is 0 Å². The van der Waals surface area contributed by atoms with Gasteiger partial charge in [-0.2, -0.15) is 0 Å². The Kier molecular flexibility index (Phi) is 3.45. The molecule has 20 heavy (non-hydrogen) atoms. The van der Waals surface area contributed by atoms with Crippen molar-refractivity contribution in [3.05, 3.63) is 30.3 Å². The lowest BCUT2D eigenvalue weighted by Crippen LogP contribution is -2.20. The van der Waals surface area contributed by atoms with E-state index in [1.54, 1.807) is 6.20 Å². The average molecular weight is 273 g/mol. The molecule has 2 heterocycles. The minimum absolute atomic E-state index is 0.163. The highest BCUT2D eigenvalue weighted by Crippen LogP contribution is 2.35. The molecule has 1 saturated carbocycles. The normalized spacial score (nSPS) is 22.6. The van der Waals surface area contributed by atoms with E-state index in [4.69, 9.17) is 9.52 Å². The van der Waals surface area contributed by atoms with Crippen LogP contribution in [0.1, 0.15) is 37.5 Å². The van der Waals surface area contributed by atoms with E-state index in [1.807, 2.05) is 18.2 Å². The molecule has 0 unspecified atom stereocenters. The SMILES string of the molecule is O=C(O)C1CCC(c2nnc(-c3ccccn3)o2)CC1. The summed E-state index contributed by atoms with van der Waals surface area (Å²) in [6.45, 7) is 0. The van der Waals surface area contributed by atoms with Gasteiger partial charge in [0.2, 0.25) is 5.89 Å². The zero-order chi connectivity index (χ0) is 13.9. The minimum Gasteiger partial charge on any atom is -0.481 e. The van der Waals surface area contributed by atoms with Gasteiger partial charge in [0.15, 0.2) is 0 Å². The first kappa shape index (κ1) is 12.8. The van der Waals surface area contributed by atoms with Gasteiger partial charge in [-0.1, -0.05) is 6.07 Å². The molecule has 0 bridgehead atoms. The van der Waals surface area contributed by atoms with Gasteiger partial charge in [-0.05, 0) is 37.8 Å². The Labute approximate surface area is 115 Å². The summed E-state index contributed by atoms with van der Waals surface area (Å²) < 4.78 is 5.67. The number of carbonyl (C=O) groups is 1. The molecule has 1 N–H and O–H groups in total. The van der Waals surface area contributed by atoms with Gasteiger partial charge in [-0.15, -0.1) is 10.2 Å². The fourth-order valence-corrected chi connectivity index (χ4v) is 2.58. The van der Waals surface area contributed by atoms with Crippen molar-refractivity contribution in [2.45, 2.75) is 31.6 Å². The highest BCUT2D eigenvalue weighted by Gasteiger charge is 2.29. The van der Waals surface area contributed by atoms with E-state index in [1.165, 1.54) is 0 Å². The lowest BCUT2D eigenvalue weighted by atomic mass is 9.82. The first-order chi connectivity index (χ1) is 9.74. The Morgan fingerprint density at radius 1 is 1.20 bits per heavy atom. The zero-order valence-corrected chi connectivity index (χ0v) is 10.9. The van der Waals surface area contributed by atoms with Crippen molar-refractivity contribution in [3.8, 4) is 11.6 Å². The van der Waals surface area contributed by atoms with E-state index in [0.717, 1.165) is 12.8 Å². The van der Waals surface area contributed by atoms with Crippen molar-refractivity contribution >= 4 is 5.97 Å². The molecule has 6 heteroatoms. The largest absolute Gasteiger partial charge is 0.481 e. The minimum atomic E-state index is -0.705. The molecule has 0 atom stereocenters. The Morgan fingerprint density at radius 3 is 2.65 bits per heavy atom. The molecule has 0 amide bonds. The Bertz CT molecular complexity index is 589. The van der Waals surface area contributed by atoms with E-state index in [2.05, 4.69) is 15.2 Å². The summed E-state index contributed by atoms with van der Waals surface area (Å²) in [5, 5.41) is 17.1. The monoisotopic (exact) mass is 273 g/mol. The molecule has 0 aliphatic heterocycles. The van der Waals surface area contributed by atoms with E-state index in [9.17, 15) is 4.79 Å². The summed E-state index contributed by atoms with van der Waals surface area (Å²) in [5.41, 5.74) is 0.658. The van der Waals surface area contributed by atoms with Crippen LogP contribution in [0, 0.1) is 5.92 Å². The molecule has 2 aromatic heterocycles. The third-order valence-electron chi connectivity index (χ3n) is 3.75. The van der Waals surface area contributed by atoms with E-state index < -0.39 is 5.97 Å². The molecule has 0 aromatic carbocycles. The van der Waals surface area contributed by atoms with Crippen molar-refractivity contribution in [2.75, 3.05) is 0 Å². The summed E-state index contributed by atoms with van der Waals surface area (Å²) in [6, 6.07) is 5.51. The molecule has 6 nitrogen and oxygen atoms in total. The van der Waals surface area contributed by atoms with Crippen LogP contribution < -0.4 is 0 Å². The van der Waals surface area contributed by atoms with Crippen molar-refractivity contribution < 1.29 is 14.3 Å². The Balaban J connectivity index is 1.71. The molecule has 1 aliphatic carbocycles. The van der Waals surface area contributed by atoms with Gasteiger partial charge >= 0.3 is 5.97 Å². The maximum Gasteiger partial charge on any atom is 0.306 e. The van der Waals surface area contributed by atoms with Gasteiger partial charge in [-0.3, -0.25) is 9.78 Å². The number of aromatic nitrogens is 3. The molecule has 0 saturated heterocycles. The highest BCUT2D eigenvalue weighted by molar-refractivity contribution is 5.70. The van der Waals surface area contributed by atoms with Gasteiger partial charge in [0.25, 0.3) is 5.89 Å². The lowest BCUT2D eigenvalue weighted by Gasteiger charge is -2.23. The van der Waals surface area contributed by atoms with E-state index >= 15 is 0 Å². The van der Waals surface area contributed by atoms with Crippen LogP contribution in [0.3, 0.4) is 0 Å². The number of carboxylic acid groups (broad SMARTS) is 1. The molecular weight excluding hydrogens is 258 g/mol. The van der Waals surface area contributed by atoms with Gasteiger partial charge < -0.3 is 9.52 Å². The standard InChI is InChI=1S/C14H15N3O3/c18-14(19)10-6-4-9(5-7-10)12-16-17-13(20-12)11-3-1-2-8-15-11/h1-3,8-10H,4-7H2,(H,18,19). The molecular formula is C14H15N3O3. The molecule has 0 spiro atoms. The maximum absolute atomic E-state index is 10.9. The third-order valence-corrected chi connectivity index (χ3v) is 3.75. The summed E-state index contributed by atoms with van der Waals surface area (Å²) >= 11 is 0. The summed E-state index contributed by atoms with van der Waals surface area (Å²) in [6.07, 6.45) is 4.57. The number of pyridine rings is 1. The van der Waals surface area contributed by atoms with E-state index in [-0.39, 0.29) is 11.8 Å². The number of nitrogens with zero attached hydrogens (tertiary/aromatic N) is 3. The maximum atomic E-state index is 10.9. The van der Waals surface area contributed by atoms with Gasteiger partial charge in [0.05, 0.1) is 5.92 Å². The molecule has 3 rings (SSSR count). The van der Waals surface area contributed by atoms with Crippen LogP contribution >= 0.6 is 0 Å². The predicted octanol–water partition coefficient (Wildman–Crippen LogP) is 2.49. The van der Waals surface area contributed by atoms with Crippen molar-refractivity contribution in [3.63, 3.8) is 0 Å². The number of rotatable bonds is 3. The quantitative estimate of drug-likeness (QED) is 0.924. The topological polar surface area (TPSA) is 89.1 Å². The van der Waals surface area contributed by atoms with Crippen molar-refractivity contribution in [1.82, 2.24) is 15.2 Å². The van der Waals surface area contributed by atoms with Crippen LogP contribution in [-0.4, -0.2) is 26.3 Å². The molecule has 2 aromatic rings. The average Bonchev–Trinajstić information content (AvgIpc) is 2.98. The Morgan fingerprint density at radius 2 is 2.00 bits per heavy atom. The van der Waals surface area contributed by atoms with Crippen LogP contribution in [0.2, 0.25) is 0 Å². The smallest absolute Gasteiger partial charge is 0.306 e. The van der Waals surface area contributed by atoms with Gasteiger partial charge in [0, 0.05) is 12.1 Å². The van der Waals surface area contributed by atoms with Crippen LogP contribution in [0.4, 0.5) is 0 Å². The van der Waals surface area contributed by atoms with Crippen LogP contribution in [0.25, 0.3) is 11.6 Å². The Hall–Kier alpha value is -2.24. The second-order valence-corrected chi connectivity index (χ2v) is 5.05. The summed E-state index contributed by atoms with van der Waals surface area (Å²) in [4.78, 5) is 15.1. The third kappa shape index (κ3) is 2.54. The molecule has 104 valence electrons. The summed E-state index contributed by atoms with van der Waals surface area (Å²) in [5.74, 6) is 0.235. The second-order valence-electron chi connectivity index (χ2n) is 5.05. The number of carboxylic acids is 1. The van der Waals surface area contributed by atoms with Gasteiger partial charge in [-0.25, -0.2) is 0 Å². The van der Waals surface area contributed by atoms with Crippen molar-refractivity contribution in [2.24, 2.45) is 5.92 Å². The molecule has 1 fully saturated rings. The number of aliphatic carboxylic acids is 1. The first-order valence-corrected chi connectivity index (χ1v) is 6.71. The first-order valence-electron chi connectivity index (χ1n) is 6.71. The number of hydrogen-bond acceptors (Lipinski definition) is 5. The zero-order valence-electron chi connectivity index (χ0n) is 10.9. The molecule has 1 aliphatic rings. The van der Waals surface area contributed by atoms with Crippen molar-refractivity contribution in [1.29, 1.82) is 0 Å². The lowest BCUT2D eigenvalue weighted by molar-refractivity contribution is -0.142. The van der Waals surface area contributed by atoms with Crippen LogP contribution in [-0.2, 0) is 4.79 Å². The fourth-order valence-electron chi connectivity index (χ4n) is 2.58.